The van der Waals surface area contributed by atoms with E-state index in [4.69, 9.17) is 4.74 Å². The molecule has 0 radical (unpaired) electrons. The SMILES string of the molecule is Oc1cccc(CC2COCCC2O)c1. The van der Waals surface area contributed by atoms with Gasteiger partial charge in [0.15, 0.2) is 0 Å². The smallest absolute Gasteiger partial charge is 0.115 e. The van der Waals surface area contributed by atoms with Crippen molar-refractivity contribution in [2.45, 2.75) is 18.9 Å². The van der Waals surface area contributed by atoms with Crippen molar-refractivity contribution in [1.29, 1.82) is 0 Å². The van der Waals surface area contributed by atoms with Crippen LogP contribution in [-0.4, -0.2) is 29.5 Å². The van der Waals surface area contributed by atoms with E-state index >= 15 is 0 Å². The van der Waals surface area contributed by atoms with Crippen LogP contribution in [0.1, 0.15) is 12.0 Å². The van der Waals surface area contributed by atoms with Gasteiger partial charge in [-0.05, 0) is 30.5 Å². The van der Waals surface area contributed by atoms with E-state index in [1.807, 2.05) is 12.1 Å². The summed E-state index contributed by atoms with van der Waals surface area (Å²) in [5.74, 6) is 0.430. The third-order valence-electron chi connectivity index (χ3n) is 2.84. The van der Waals surface area contributed by atoms with Crippen LogP contribution < -0.4 is 0 Å². The molecule has 1 aliphatic rings. The summed E-state index contributed by atoms with van der Waals surface area (Å²) in [6.07, 6.45) is 1.19. The molecule has 2 rings (SSSR count). The highest BCUT2D eigenvalue weighted by atomic mass is 16.5. The first-order valence-corrected chi connectivity index (χ1v) is 5.29. The zero-order chi connectivity index (χ0) is 10.7. The molecule has 82 valence electrons. The normalized spacial score (nSPS) is 26.5. The topological polar surface area (TPSA) is 49.7 Å². The van der Waals surface area contributed by atoms with E-state index in [9.17, 15) is 10.2 Å². The molecule has 3 nitrogen and oxygen atoms in total. The number of rotatable bonds is 2. The minimum Gasteiger partial charge on any atom is -0.508 e. The molecular weight excluding hydrogens is 192 g/mol. The van der Waals surface area contributed by atoms with Crippen molar-refractivity contribution in [1.82, 2.24) is 0 Å². The van der Waals surface area contributed by atoms with Crippen LogP contribution in [0, 0.1) is 5.92 Å². The molecular formula is C12H16O3. The molecule has 2 N–H and O–H groups in total. The maximum atomic E-state index is 9.76. The summed E-state index contributed by atoms with van der Waals surface area (Å²) in [6.45, 7) is 1.26. The number of hydrogen-bond acceptors (Lipinski definition) is 3. The van der Waals surface area contributed by atoms with Crippen molar-refractivity contribution < 1.29 is 14.9 Å². The molecule has 0 amide bonds. The molecule has 0 spiro atoms. The Kier molecular flexibility index (Phi) is 3.23. The van der Waals surface area contributed by atoms with Crippen molar-refractivity contribution in [2.75, 3.05) is 13.2 Å². The van der Waals surface area contributed by atoms with Gasteiger partial charge in [-0.25, -0.2) is 0 Å². The quantitative estimate of drug-likeness (QED) is 0.771. The van der Waals surface area contributed by atoms with Crippen molar-refractivity contribution in [3.05, 3.63) is 29.8 Å². The molecule has 1 aromatic carbocycles. The Bertz CT molecular complexity index is 324. The highest BCUT2D eigenvalue weighted by molar-refractivity contribution is 5.27. The van der Waals surface area contributed by atoms with Gasteiger partial charge in [-0.3, -0.25) is 0 Å². The lowest BCUT2D eigenvalue weighted by molar-refractivity contribution is -0.0350. The molecule has 1 saturated heterocycles. The summed E-state index contributed by atoms with van der Waals surface area (Å²) in [4.78, 5) is 0. The first kappa shape index (κ1) is 10.5. The second-order valence-corrected chi connectivity index (χ2v) is 4.07. The predicted octanol–water partition coefficient (Wildman–Crippen LogP) is 1.33. The summed E-state index contributed by atoms with van der Waals surface area (Å²) in [7, 11) is 0. The van der Waals surface area contributed by atoms with Crippen LogP contribution in [0.25, 0.3) is 0 Å². The molecule has 1 heterocycles. The maximum Gasteiger partial charge on any atom is 0.115 e. The number of benzene rings is 1. The molecule has 0 aliphatic carbocycles. The molecule has 1 fully saturated rings. The van der Waals surface area contributed by atoms with Gasteiger partial charge in [0, 0.05) is 12.5 Å². The number of aliphatic hydroxyl groups excluding tert-OH is 1. The van der Waals surface area contributed by atoms with Crippen LogP contribution in [0.2, 0.25) is 0 Å². The van der Waals surface area contributed by atoms with Gasteiger partial charge in [0.05, 0.1) is 12.7 Å². The Morgan fingerprint density at radius 3 is 3.00 bits per heavy atom. The van der Waals surface area contributed by atoms with E-state index in [1.165, 1.54) is 0 Å². The Balaban J connectivity index is 2.01. The first-order chi connectivity index (χ1) is 7.25. The third-order valence-corrected chi connectivity index (χ3v) is 2.84. The van der Waals surface area contributed by atoms with E-state index in [1.54, 1.807) is 12.1 Å². The number of ether oxygens (including phenoxy) is 1. The minimum absolute atomic E-state index is 0.153. The zero-order valence-corrected chi connectivity index (χ0v) is 8.60. The van der Waals surface area contributed by atoms with Gasteiger partial charge >= 0.3 is 0 Å². The fourth-order valence-electron chi connectivity index (χ4n) is 1.97. The van der Waals surface area contributed by atoms with E-state index < -0.39 is 0 Å². The van der Waals surface area contributed by atoms with E-state index in [-0.39, 0.29) is 17.8 Å². The maximum absolute atomic E-state index is 9.76. The fraction of sp³-hybridized carbons (Fsp3) is 0.500. The Labute approximate surface area is 89.3 Å². The van der Waals surface area contributed by atoms with Gasteiger partial charge in [-0.15, -0.1) is 0 Å². The van der Waals surface area contributed by atoms with Crippen molar-refractivity contribution in [2.24, 2.45) is 5.92 Å². The monoisotopic (exact) mass is 208 g/mol. The second-order valence-electron chi connectivity index (χ2n) is 4.07. The van der Waals surface area contributed by atoms with Crippen LogP contribution in [0.5, 0.6) is 5.75 Å². The number of aromatic hydroxyl groups is 1. The number of hydrogen-bond donors (Lipinski definition) is 2. The van der Waals surface area contributed by atoms with Gasteiger partial charge in [0.2, 0.25) is 0 Å². The molecule has 2 unspecified atom stereocenters. The lowest BCUT2D eigenvalue weighted by Crippen LogP contribution is -2.33. The average molecular weight is 208 g/mol. The van der Waals surface area contributed by atoms with Gasteiger partial charge in [-0.2, -0.15) is 0 Å². The standard InChI is InChI=1S/C12H16O3/c13-11-3-1-2-9(7-11)6-10-8-15-5-4-12(10)14/h1-3,7,10,12-14H,4-6,8H2. The summed E-state index contributed by atoms with van der Waals surface area (Å²) >= 11 is 0. The minimum atomic E-state index is -0.277. The Morgan fingerprint density at radius 2 is 2.27 bits per heavy atom. The molecule has 0 bridgehead atoms. The highest BCUT2D eigenvalue weighted by Gasteiger charge is 2.23. The summed E-state index contributed by atoms with van der Waals surface area (Å²) in [5, 5.41) is 19.1. The van der Waals surface area contributed by atoms with E-state index in [0.29, 0.717) is 19.6 Å². The number of aliphatic hydroxyl groups is 1. The van der Waals surface area contributed by atoms with Gasteiger partial charge in [0.25, 0.3) is 0 Å². The van der Waals surface area contributed by atoms with Gasteiger partial charge < -0.3 is 14.9 Å². The Morgan fingerprint density at radius 1 is 1.40 bits per heavy atom. The summed E-state index contributed by atoms with van der Waals surface area (Å²) in [6, 6.07) is 7.17. The molecule has 1 aromatic rings. The highest BCUT2D eigenvalue weighted by Crippen LogP contribution is 2.21. The van der Waals surface area contributed by atoms with E-state index in [0.717, 1.165) is 12.0 Å². The number of phenolic OH excluding ortho intramolecular Hbond substituents is 1. The molecule has 1 aliphatic heterocycles. The summed E-state index contributed by atoms with van der Waals surface area (Å²) < 4.78 is 5.33. The lowest BCUT2D eigenvalue weighted by Gasteiger charge is -2.27. The molecule has 2 atom stereocenters. The number of phenols is 1. The van der Waals surface area contributed by atoms with Crippen LogP contribution in [-0.2, 0) is 11.2 Å². The second kappa shape index (κ2) is 4.64. The van der Waals surface area contributed by atoms with Crippen LogP contribution >= 0.6 is 0 Å². The third kappa shape index (κ3) is 2.70. The molecule has 15 heavy (non-hydrogen) atoms. The summed E-state index contributed by atoms with van der Waals surface area (Å²) in [5.41, 5.74) is 1.05. The van der Waals surface area contributed by atoms with Crippen molar-refractivity contribution in [3.8, 4) is 5.75 Å². The van der Waals surface area contributed by atoms with Gasteiger partial charge in [0.1, 0.15) is 5.75 Å². The zero-order valence-electron chi connectivity index (χ0n) is 8.60. The van der Waals surface area contributed by atoms with Gasteiger partial charge in [-0.1, -0.05) is 12.1 Å². The lowest BCUT2D eigenvalue weighted by atomic mass is 9.91. The molecule has 0 saturated carbocycles. The molecule has 0 aromatic heterocycles. The van der Waals surface area contributed by atoms with Crippen LogP contribution in [0.3, 0.4) is 0 Å². The molecule has 3 heteroatoms. The Hall–Kier alpha value is -1.06. The van der Waals surface area contributed by atoms with Crippen molar-refractivity contribution >= 4 is 0 Å². The van der Waals surface area contributed by atoms with E-state index in [2.05, 4.69) is 0 Å². The average Bonchev–Trinajstić information content (AvgIpc) is 2.22. The van der Waals surface area contributed by atoms with Crippen molar-refractivity contribution in [3.63, 3.8) is 0 Å². The van der Waals surface area contributed by atoms with Crippen LogP contribution in [0.15, 0.2) is 24.3 Å². The first-order valence-electron chi connectivity index (χ1n) is 5.29. The fourth-order valence-corrected chi connectivity index (χ4v) is 1.97. The van der Waals surface area contributed by atoms with Crippen LogP contribution in [0.4, 0.5) is 0 Å². The predicted molar refractivity (Wildman–Crippen MR) is 56.7 cm³/mol. The largest absolute Gasteiger partial charge is 0.508 e.